The summed E-state index contributed by atoms with van der Waals surface area (Å²) in [6.07, 6.45) is 20.8. The standard InChI is InChI=1S/C44H62N2O10/c1-10-12-16-24-36-43(6,7)35(49)28-44(54,56-36)32(11-2)41(52)45-26-20-19-22-30(4)40(55-9)31(5)39(51)34(48)23-18-15-13-14-17-21-29(3)38(50)37-33(47)25-27-46(8)42(37)53/h10,12-25,27,31-32,34-36,39-40,47-49,51,54H,11,26,28H2,1-9H3,(H,45,52)/b12-10+,15-13+,17-14+,20-19+,23-18-,24-16+,29-21+,30-22+/t31-,32-,34-,35-,36-,39-,40+,44-/m0/s1. The number of aromatic nitrogens is 1. The highest BCUT2D eigenvalue weighted by molar-refractivity contribution is 6.09. The first-order valence-corrected chi connectivity index (χ1v) is 18.9. The molecule has 1 aliphatic heterocycles. The van der Waals surface area contributed by atoms with Crippen LogP contribution >= 0.6 is 0 Å². The molecule has 12 heteroatoms. The number of ether oxygens (including phenoxy) is 2. The van der Waals surface area contributed by atoms with Crippen LogP contribution < -0.4 is 10.9 Å². The number of carbonyl (C=O) groups excluding carboxylic acids is 2. The zero-order chi connectivity index (χ0) is 42.2. The Labute approximate surface area is 331 Å². The maximum atomic E-state index is 13.2. The van der Waals surface area contributed by atoms with Crippen molar-refractivity contribution >= 4 is 11.7 Å². The number of pyridine rings is 1. The number of amides is 1. The third-order valence-corrected chi connectivity index (χ3v) is 10.2. The van der Waals surface area contributed by atoms with Crippen LogP contribution in [-0.4, -0.2) is 91.8 Å². The molecule has 1 amide bonds. The zero-order valence-corrected chi connectivity index (χ0v) is 34.1. The minimum absolute atomic E-state index is 0.102. The van der Waals surface area contributed by atoms with E-state index < -0.39 is 70.8 Å². The van der Waals surface area contributed by atoms with E-state index in [0.29, 0.717) is 6.42 Å². The molecule has 12 nitrogen and oxygen atoms in total. The van der Waals surface area contributed by atoms with Crippen LogP contribution in [0.3, 0.4) is 0 Å². The van der Waals surface area contributed by atoms with Crippen LogP contribution in [0.5, 0.6) is 5.75 Å². The second kappa shape index (κ2) is 22.3. The molecule has 6 N–H and O–H groups in total. The van der Waals surface area contributed by atoms with Gasteiger partial charge in [-0.15, -0.1) is 0 Å². The van der Waals surface area contributed by atoms with Crippen molar-refractivity contribution < 1.29 is 44.6 Å². The summed E-state index contributed by atoms with van der Waals surface area (Å²) in [4.78, 5) is 38.1. The van der Waals surface area contributed by atoms with Gasteiger partial charge in [0.1, 0.15) is 11.3 Å². The second-order valence-electron chi connectivity index (χ2n) is 14.7. The molecule has 1 aliphatic rings. The van der Waals surface area contributed by atoms with E-state index in [1.807, 2.05) is 39.8 Å². The van der Waals surface area contributed by atoms with Gasteiger partial charge in [0.05, 0.1) is 36.4 Å². The first-order chi connectivity index (χ1) is 26.4. The quantitative estimate of drug-likeness (QED) is 0.0641. The normalized spacial score (nSPS) is 23.8. The maximum absolute atomic E-state index is 13.2. The van der Waals surface area contributed by atoms with Gasteiger partial charge in [0, 0.05) is 44.7 Å². The Bertz CT molecular complexity index is 1780. The van der Waals surface area contributed by atoms with Crippen LogP contribution in [0, 0.1) is 17.3 Å². The number of rotatable bonds is 19. The molecule has 0 saturated carbocycles. The molecule has 8 atom stereocenters. The number of aliphatic hydroxyl groups is 4. The molecule has 0 bridgehead atoms. The summed E-state index contributed by atoms with van der Waals surface area (Å²) < 4.78 is 13.0. The average molecular weight is 779 g/mol. The van der Waals surface area contributed by atoms with Crippen LogP contribution in [0.4, 0.5) is 0 Å². The fraction of sp³-hybridized carbons (Fsp3) is 0.477. The van der Waals surface area contributed by atoms with Crippen molar-refractivity contribution in [1.29, 1.82) is 0 Å². The molecule has 1 aromatic heterocycles. The topological polar surface area (TPSA) is 188 Å². The highest BCUT2D eigenvalue weighted by Gasteiger charge is 2.54. The summed E-state index contributed by atoms with van der Waals surface area (Å²) in [5.74, 6) is -4.63. The molecule has 1 saturated heterocycles. The number of hydrogen-bond acceptors (Lipinski definition) is 10. The van der Waals surface area contributed by atoms with Gasteiger partial charge in [-0.05, 0) is 44.4 Å². The monoisotopic (exact) mass is 778 g/mol. The molecule has 1 fully saturated rings. The lowest BCUT2D eigenvalue weighted by Gasteiger charge is -2.50. The summed E-state index contributed by atoms with van der Waals surface area (Å²) in [6.45, 7) is 12.7. The lowest BCUT2D eigenvalue weighted by Crippen LogP contribution is -2.60. The Hall–Kier alpha value is -4.43. The highest BCUT2D eigenvalue weighted by Crippen LogP contribution is 2.44. The maximum Gasteiger partial charge on any atom is 0.265 e. The molecular formula is C44H62N2O10. The largest absolute Gasteiger partial charge is 0.507 e. The molecule has 0 spiro atoms. The fourth-order valence-electron chi connectivity index (χ4n) is 6.41. The molecule has 0 aromatic carbocycles. The van der Waals surface area contributed by atoms with Crippen molar-refractivity contribution in [3.8, 4) is 5.75 Å². The number of ketones is 1. The van der Waals surface area contributed by atoms with Gasteiger partial charge in [-0.3, -0.25) is 14.4 Å². The second-order valence-corrected chi connectivity index (χ2v) is 14.7. The Kier molecular flexibility index (Phi) is 19.0. The van der Waals surface area contributed by atoms with Crippen molar-refractivity contribution in [2.45, 2.75) is 97.6 Å². The summed E-state index contributed by atoms with van der Waals surface area (Å²) in [5.41, 5.74) is -0.516. The number of hydrogen-bond donors (Lipinski definition) is 6. The van der Waals surface area contributed by atoms with Crippen molar-refractivity contribution in [3.05, 3.63) is 124 Å². The van der Waals surface area contributed by atoms with E-state index in [4.69, 9.17) is 9.47 Å². The van der Waals surface area contributed by atoms with Gasteiger partial charge in [-0.2, -0.15) is 0 Å². The lowest BCUT2D eigenvalue weighted by atomic mass is 9.72. The highest BCUT2D eigenvalue weighted by atomic mass is 16.6. The Morgan fingerprint density at radius 3 is 2.38 bits per heavy atom. The number of aryl methyl sites for hydroxylation is 1. The number of carbonyl (C=O) groups is 2. The number of aromatic hydroxyl groups is 1. The van der Waals surface area contributed by atoms with Crippen molar-refractivity contribution in [2.75, 3.05) is 13.7 Å². The number of allylic oxidation sites excluding steroid dienone is 12. The van der Waals surface area contributed by atoms with Gasteiger partial charge in [0.25, 0.3) is 5.56 Å². The summed E-state index contributed by atoms with van der Waals surface area (Å²) in [7, 11) is 3.01. The van der Waals surface area contributed by atoms with E-state index in [2.05, 4.69) is 5.32 Å². The predicted octanol–water partition coefficient (Wildman–Crippen LogP) is 4.90. The first kappa shape index (κ1) is 47.7. The Balaban J connectivity index is 1.96. The van der Waals surface area contributed by atoms with Crippen LogP contribution in [0.2, 0.25) is 0 Å². The van der Waals surface area contributed by atoms with Gasteiger partial charge < -0.3 is 44.9 Å². The fourth-order valence-corrected chi connectivity index (χ4v) is 6.41. The van der Waals surface area contributed by atoms with Gasteiger partial charge in [0.2, 0.25) is 5.91 Å². The number of nitrogens with zero attached hydrogens (tertiary/aromatic N) is 1. The van der Waals surface area contributed by atoms with Crippen LogP contribution in [0.1, 0.15) is 71.7 Å². The minimum atomic E-state index is -1.85. The molecular weight excluding hydrogens is 716 g/mol. The predicted molar refractivity (Wildman–Crippen MR) is 219 cm³/mol. The van der Waals surface area contributed by atoms with Crippen LogP contribution in [-0.2, 0) is 21.3 Å². The SMILES string of the molecule is C/C=C/C=C/[C@@H]1O[C@](O)([C@@H](CC)C(=O)NC/C=C/C=C(\C)[C@@H](OC)[C@@H](C)[C@H](O)[C@@H](O)\C=C/C=C/C=C/C=C(\C)C(=O)c2c(O)ccn(C)c2=O)C[C@H](O)C1(C)C. The zero-order valence-electron chi connectivity index (χ0n) is 34.1. The average Bonchev–Trinajstić information content (AvgIpc) is 3.14. The van der Waals surface area contributed by atoms with E-state index in [1.165, 1.54) is 43.1 Å². The van der Waals surface area contributed by atoms with Crippen molar-refractivity contribution in [1.82, 2.24) is 9.88 Å². The van der Waals surface area contributed by atoms with Crippen LogP contribution in [0.25, 0.3) is 0 Å². The van der Waals surface area contributed by atoms with E-state index in [1.54, 1.807) is 81.5 Å². The summed E-state index contributed by atoms with van der Waals surface area (Å²) in [5, 5.41) is 56.8. The van der Waals surface area contributed by atoms with Gasteiger partial charge >= 0.3 is 0 Å². The molecule has 2 heterocycles. The molecule has 0 radical (unpaired) electrons. The molecule has 308 valence electrons. The van der Waals surface area contributed by atoms with Crippen LogP contribution in [0.15, 0.2) is 113 Å². The Morgan fingerprint density at radius 2 is 1.73 bits per heavy atom. The van der Waals surface area contributed by atoms with Gasteiger partial charge in [0.15, 0.2) is 11.6 Å². The smallest absolute Gasteiger partial charge is 0.265 e. The minimum Gasteiger partial charge on any atom is -0.507 e. The number of Topliss-reactive ketones (excluding diaryl/α,β-unsaturated/α-hetero) is 1. The lowest BCUT2D eigenvalue weighted by molar-refractivity contribution is -0.314. The Morgan fingerprint density at radius 1 is 1.07 bits per heavy atom. The summed E-state index contributed by atoms with van der Waals surface area (Å²) in [6, 6.07) is 1.29. The molecule has 0 aliphatic carbocycles. The molecule has 1 aromatic rings. The third kappa shape index (κ3) is 12.8. The van der Waals surface area contributed by atoms with E-state index in [0.717, 1.165) is 5.57 Å². The van der Waals surface area contributed by atoms with E-state index in [9.17, 15) is 39.9 Å². The molecule has 2 rings (SSSR count). The first-order valence-electron chi connectivity index (χ1n) is 18.9. The molecule has 56 heavy (non-hydrogen) atoms. The number of methoxy groups -OCH3 is 1. The van der Waals surface area contributed by atoms with E-state index >= 15 is 0 Å². The van der Waals surface area contributed by atoms with Gasteiger partial charge in [-0.25, -0.2) is 0 Å². The number of aliphatic hydroxyl groups excluding tert-OH is 3. The third-order valence-electron chi connectivity index (χ3n) is 10.2. The van der Waals surface area contributed by atoms with Crippen molar-refractivity contribution in [3.63, 3.8) is 0 Å². The van der Waals surface area contributed by atoms with Crippen molar-refractivity contribution in [2.24, 2.45) is 24.3 Å². The van der Waals surface area contributed by atoms with Gasteiger partial charge in [-0.1, -0.05) is 113 Å². The van der Waals surface area contributed by atoms with E-state index in [-0.39, 0.29) is 29.9 Å². The summed E-state index contributed by atoms with van der Waals surface area (Å²) >= 11 is 0. The number of nitrogens with one attached hydrogen (secondary N) is 1. The molecule has 0 unspecified atom stereocenters.